The predicted octanol–water partition coefficient (Wildman–Crippen LogP) is 6.03. The molecule has 4 aromatic rings. The molecule has 0 saturated heterocycles. The molecular formula is C21H14F4N4O. The first-order valence-corrected chi connectivity index (χ1v) is 8.78. The highest BCUT2D eigenvalue weighted by molar-refractivity contribution is 5.99. The maximum atomic E-state index is 13.8. The molecule has 0 unspecified atom stereocenters. The second-order valence-electron chi connectivity index (χ2n) is 6.45. The normalized spacial score (nSPS) is 11.5. The number of nitrogens with zero attached hydrogens (tertiary/aromatic N) is 1. The maximum Gasteiger partial charge on any atom is 0.416 e. The maximum absolute atomic E-state index is 13.8. The SMILES string of the molecule is O=C(Nc1ccc(-c2c[nH]c3ccccc23)cn1)Nc1cc(C(F)(F)F)ccc1F. The number of carbonyl (C=O) groups excluding carboxylic acids is 1. The van der Waals surface area contributed by atoms with Crippen LogP contribution in [0.3, 0.4) is 0 Å². The van der Waals surface area contributed by atoms with Crippen molar-refractivity contribution in [3.05, 3.63) is 78.4 Å². The number of hydrogen-bond acceptors (Lipinski definition) is 2. The molecule has 0 aliphatic rings. The first kappa shape index (κ1) is 19.4. The number of urea groups is 1. The number of H-pyrrole nitrogens is 1. The van der Waals surface area contributed by atoms with Crippen molar-refractivity contribution >= 4 is 28.4 Å². The molecule has 0 atom stereocenters. The lowest BCUT2D eigenvalue weighted by Gasteiger charge is -2.11. The fraction of sp³-hybridized carbons (Fsp3) is 0.0476. The molecule has 2 amide bonds. The van der Waals surface area contributed by atoms with Crippen LogP contribution >= 0.6 is 0 Å². The van der Waals surface area contributed by atoms with Crippen LogP contribution in [0.2, 0.25) is 0 Å². The number of nitrogens with one attached hydrogen (secondary N) is 3. The number of pyridine rings is 1. The van der Waals surface area contributed by atoms with E-state index >= 15 is 0 Å². The van der Waals surface area contributed by atoms with E-state index in [0.29, 0.717) is 18.2 Å². The highest BCUT2D eigenvalue weighted by Gasteiger charge is 2.31. The van der Waals surface area contributed by atoms with Crippen molar-refractivity contribution in [1.82, 2.24) is 9.97 Å². The van der Waals surface area contributed by atoms with E-state index in [0.717, 1.165) is 22.0 Å². The molecule has 0 bridgehead atoms. The van der Waals surface area contributed by atoms with Crippen LogP contribution in [-0.2, 0) is 6.18 Å². The van der Waals surface area contributed by atoms with E-state index in [1.54, 1.807) is 18.3 Å². The van der Waals surface area contributed by atoms with Crippen LogP contribution < -0.4 is 10.6 Å². The van der Waals surface area contributed by atoms with Gasteiger partial charge in [-0.3, -0.25) is 5.32 Å². The summed E-state index contributed by atoms with van der Waals surface area (Å²) in [7, 11) is 0. The van der Waals surface area contributed by atoms with Gasteiger partial charge in [0.15, 0.2) is 0 Å². The molecule has 0 saturated carbocycles. The van der Waals surface area contributed by atoms with Gasteiger partial charge >= 0.3 is 12.2 Å². The zero-order valence-electron chi connectivity index (χ0n) is 15.2. The van der Waals surface area contributed by atoms with Crippen LogP contribution in [0.4, 0.5) is 33.9 Å². The number of anilines is 2. The number of hydrogen-bond donors (Lipinski definition) is 3. The molecule has 3 N–H and O–H groups in total. The Morgan fingerprint density at radius 1 is 1.00 bits per heavy atom. The van der Waals surface area contributed by atoms with Crippen LogP contribution in [0.5, 0.6) is 0 Å². The summed E-state index contributed by atoms with van der Waals surface area (Å²) < 4.78 is 52.1. The van der Waals surface area contributed by atoms with Crippen LogP contribution in [0.15, 0.2) is 67.0 Å². The van der Waals surface area contributed by atoms with Crippen molar-refractivity contribution in [2.75, 3.05) is 10.6 Å². The zero-order chi connectivity index (χ0) is 21.3. The number of fused-ring (bicyclic) bond motifs is 1. The molecule has 2 aromatic heterocycles. The van der Waals surface area contributed by atoms with Crippen molar-refractivity contribution in [2.24, 2.45) is 0 Å². The number of benzene rings is 2. The summed E-state index contributed by atoms with van der Waals surface area (Å²) in [6.07, 6.45) is -1.26. The Hall–Kier alpha value is -3.88. The molecule has 0 aliphatic heterocycles. The lowest BCUT2D eigenvalue weighted by molar-refractivity contribution is -0.137. The monoisotopic (exact) mass is 414 g/mol. The Balaban J connectivity index is 1.48. The lowest BCUT2D eigenvalue weighted by Crippen LogP contribution is -2.21. The highest BCUT2D eigenvalue weighted by Crippen LogP contribution is 2.32. The largest absolute Gasteiger partial charge is 0.416 e. The van der Waals surface area contributed by atoms with Gasteiger partial charge in [0.05, 0.1) is 11.3 Å². The fourth-order valence-electron chi connectivity index (χ4n) is 3.00. The topological polar surface area (TPSA) is 69.8 Å². The van der Waals surface area contributed by atoms with Crippen molar-refractivity contribution in [2.45, 2.75) is 6.18 Å². The molecule has 0 radical (unpaired) electrons. The number of carbonyl (C=O) groups is 1. The predicted molar refractivity (Wildman–Crippen MR) is 106 cm³/mol. The van der Waals surface area contributed by atoms with Crippen LogP contribution in [0.1, 0.15) is 5.56 Å². The van der Waals surface area contributed by atoms with Gasteiger partial charge in [-0.05, 0) is 36.4 Å². The van der Waals surface area contributed by atoms with E-state index in [2.05, 4.69) is 20.6 Å². The summed E-state index contributed by atoms with van der Waals surface area (Å²) in [6.45, 7) is 0. The summed E-state index contributed by atoms with van der Waals surface area (Å²) in [6, 6.07) is 11.9. The zero-order valence-corrected chi connectivity index (χ0v) is 15.2. The number of para-hydroxylation sites is 1. The number of alkyl halides is 3. The Morgan fingerprint density at radius 2 is 1.80 bits per heavy atom. The first-order chi connectivity index (χ1) is 14.3. The van der Waals surface area contributed by atoms with Crippen molar-refractivity contribution in [3.8, 4) is 11.1 Å². The second-order valence-corrected chi connectivity index (χ2v) is 6.45. The van der Waals surface area contributed by atoms with E-state index in [1.807, 2.05) is 30.5 Å². The third-order valence-electron chi connectivity index (χ3n) is 4.45. The number of aromatic amines is 1. The minimum Gasteiger partial charge on any atom is -0.361 e. The van der Waals surface area contributed by atoms with E-state index in [4.69, 9.17) is 0 Å². The van der Waals surface area contributed by atoms with Gasteiger partial charge in [-0.1, -0.05) is 18.2 Å². The summed E-state index contributed by atoms with van der Waals surface area (Å²) in [5, 5.41) is 5.45. The third kappa shape index (κ3) is 3.95. The van der Waals surface area contributed by atoms with Crippen molar-refractivity contribution in [3.63, 3.8) is 0 Å². The molecule has 4 rings (SSSR count). The molecule has 5 nitrogen and oxygen atoms in total. The number of halogens is 4. The Labute approximate surface area is 167 Å². The molecule has 9 heteroatoms. The molecule has 0 aliphatic carbocycles. The lowest BCUT2D eigenvalue weighted by atomic mass is 10.1. The number of rotatable bonds is 3. The summed E-state index contributed by atoms with van der Waals surface area (Å²) in [5.74, 6) is -0.829. The van der Waals surface area contributed by atoms with Crippen molar-refractivity contribution in [1.29, 1.82) is 0 Å². The second kappa shape index (κ2) is 7.51. The van der Waals surface area contributed by atoms with Gasteiger partial charge in [-0.15, -0.1) is 0 Å². The number of aromatic nitrogens is 2. The van der Waals surface area contributed by atoms with Gasteiger partial charge in [0.25, 0.3) is 0 Å². The van der Waals surface area contributed by atoms with Gasteiger partial charge < -0.3 is 10.3 Å². The average molecular weight is 414 g/mol. The molecule has 0 fully saturated rings. The Kier molecular flexibility index (Phi) is 4.86. The van der Waals surface area contributed by atoms with Crippen molar-refractivity contribution < 1.29 is 22.4 Å². The molecule has 2 heterocycles. The average Bonchev–Trinajstić information content (AvgIpc) is 3.13. The fourth-order valence-corrected chi connectivity index (χ4v) is 3.00. The van der Waals surface area contributed by atoms with Gasteiger partial charge in [0.1, 0.15) is 11.6 Å². The summed E-state index contributed by atoms with van der Waals surface area (Å²) in [5.41, 5.74) is 1.05. The minimum absolute atomic E-state index is 0.156. The van der Waals surface area contributed by atoms with Crippen LogP contribution in [-0.4, -0.2) is 16.0 Å². The van der Waals surface area contributed by atoms with E-state index in [1.165, 1.54) is 0 Å². The molecular weight excluding hydrogens is 400 g/mol. The van der Waals surface area contributed by atoms with E-state index < -0.39 is 29.3 Å². The molecule has 30 heavy (non-hydrogen) atoms. The van der Waals surface area contributed by atoms with Gasteiger partial charge in [0.2, 0.25) is 0 Å². The smallest absolute Gasteiger partial charge is 0.361 e. The third-order valence-corrected chi connectivity index (χ3v) is 4.45. The Morgan fingerprint density at radius 3 is 2.53 bits per heavy atom. The standard InChI is InChI=1S/C21H14F4N4O/c22-16-7-6-13(21(23,24)25)9-18(16)28-20(30)29-19-8-5-12(10-27-19)15-11-26-17-4-2-1-3-14(15)17/h1-11,26H,(H2,27,28,29,30). The quantitative estimate of drug-likeness (QED) is 0.358. The summed E-state index contributed by atoms with van der Waals surface area (Å²) >= 11 is 0. The van der Waals surface area contributed by atoms with Gasteiger partial charge in [-0.2, -0.15) is 13.2 Å². The molecule has 152 valence electrons. The van der Waals surface area contributed by atoms with Crippen LogP contribution in [0.25, 0.3) is 22.0 Å². The first-order valence-electron chi connectivity index (χ1n) is 8.78. The van der Waals surface area contributed by atoms with E-state index in [-0.39, 0.29) is 5.82 Å². The van der Waals surface area contributed by atoms with E-state index in [9.17, 15) is 22.4 Å². The van der Waals surface area contributed by atoms with Gasteiger partial charge in [0, 0.05) is 34.4 Å². The van der Waals surface area contributed by atoms with Crippen LogP contribution in [0, 0.1) is 5.82 Å². The minimum atomic E-state index is -4.65. The molecule has 2 aromatic carbocycles. The summed E-state index contributed by atoms with van der Waals surface area (Å²) in [4.78, 5) is 19.4. The molecule has 0 spiro atoms. The number of amides is 2. The Bertz CT molecular complexity index is 1220. The highest BCUT2D eigenvalue weighted by atomic mass is 19.4. The van der Waals surface area contributed by atoms with Gasteiger partial charge in [-0.25, -0.2) is 14.2 Å².